The molecule has 0 unspecified atom stereocenters. The van der Waals surface area contributed by atoms with E-state index in [0.717, 1.165) is 23.1 Å². The first-order valence-electron chi connectivity index (χ1n) is 12.6. The summed E-state index contributed by atoms with van der Waals surface area (Å²) in [6.45, 7) is 6.72. The fourth-order valence-corrected chi connectivity index (χ4v) is 6.67. The smallest absolute Gasteiger partial charge is 0.338 e. The Morgan fingerprint density at radius 1 is 0.900 bits per heavy atom. The first kappa shape index (κ1) is 31.2. The van der Waals surface area contributed by atoms with Crippen molar-refractivity contribution in [3.63, 3.8) is 0 Å². The van der Waals surface area contributed by atoms with Gasteiger partial charge in [0.2, 0.25) is 21.1 Å². The van der Waals surface area contributed by atoms with Crippen LogP contribution in [-0.4, -0.2) is 66.2 Å². The van der Waals surface area contributed by atoms with Crippen LogP contribution in [0.1, 0.15) is 54.3 Å². The van der Waals surface area contributed by atoms with Gasteiger partial charge in [-0.25, -0.2) is 13.2 Å². The Morgan fingerprint density at radius 2 is 1.52 bits per heavy atom. The van der Waals surface area contributed by atoms with Crippen LogP contribution in [0.2, 0.25) is 0 Å². The maximum absolute atomic E-state index is 12.9. The summed E-state index contributed by atoms with van der Waals surface area (Å²) in [5.74, 6) is -1.10. The minimum absolute atomic E-state index is 0.0607. The van der Waals surface area contributed by atoms with Gasteiger partial charge in [-0.3, -0.25) is 14.9 Å². The second-order valence-corrected chi connectivity index (χ2v) is 12.5. The number of aromatic nitrogens is 2. The Labute approximate surface area is 241 Å². The highest BCUT2D eigenvalue weighted by Crippen LogP contribution is 2.26. The number of carbonyl (C=O) groups is 3. The zero-order chi connectivity index (χ0) is 29.1. The minimum atomic E-state index is -3.64. The molecule has 14 heteroatoms. The number of hydrogen-bond acceptors (Lipinski definition) is 10. The van der Waals surface area contributed by atoms with Crippen molar-refractivity contribution in [3.8, 4) is 0 Å². The number of nitrogens with one attached hydrogen (secondary N) is 2. The first-order valence-corrected chi connectivity index (χ1v) is 15.9. The Bertz CT molecular complexity index is 1400. The van der Waals surface area contributed by atoms with Gasteiger partial charge in [0.1, 0.15) is 0 Å². The molecule has 0 aliphatic rings. The number of carbonyl (C=O) groups excluding carboxylic acids is 3. The van der Waals surface area contributed by atoms with Gasteiger partial charge in [0, 0.05) is 24.3 Å². The molecule has 0 saturated carbocycles. The van der Waals surface area contributed by atoms with Crippen molar-refractivity contribution in [1.29, 1.82) is 0 Å². The van der Waals surface area contributed by atoms with Crippen LogP contribution in [0.3, 0.4) is 0 Å². The molecule has 0 bridgehead atoms. The highest BCUT2D eigenvalue weighted by Gasteiger charge is 2.23. The molecule has 0 radical (unpaired) electrons. The van der Waals surface area contributed by atoms with Gasteiger partial charge in [0.05, 0.1) is 22.8 Å². The van der Waals surface area contributed by atoms with Crippen LogP contribution in [0.15, 0.2) is 57.8 Å². The third-order valence-corrected chi connectivity index (χ3v) is 9.22. The van der Waals surface area contributed by atoms with Crippen LogP contribution in [0.25, 0.3) is 0 Å². The van der Waals surface area contributed by atoms with E-state index in [9.17, 15) is 22.8 Å². The topological polar surface area (TPSA) is 148 Å². The van der Waals surface area contributed by atoms with E-state index in [0.29, 0.717) is 41.5 Å². The van der Waals surface area contributed by atoms with Gasteiger partial charge in [-0.2, -0.15) is 4.31 Å². The molecule has 0 atom stereocenters. The maximum Gasteiger partial charge on any atom is 0.338 e. The number of hydrogen-bond donors (Lipinski definition) is 2. The molecular formula is C26H31N5O6S3. The Hall–Kier alpha value is -3.33. The van der Waals surface area contributed by atoms with Crippen molar-refractivity contribution < 1.29 is 27.5 Å². The molecule has 40 heavy (non-hydrogen) atoms. The van der Waals surface area contributed by atoms with Gasteiger partial charge in [0.15, 0.2) is 4.34 Å². The lowest BCUT2D eigenvalue weighted by Crippen LogP contribution is -2.32. The lowest BCUT2D eigenvalue weighted by atomic mass is 10.2. The molecule has 11 nitrogen and oxygen atoms in total. The van der Waals surface area contributed by atoms with Crippen LogP contribution in [0.5, 0.6) is 0 Å². The standard InChI is InChI=1S/C26H31N5O6S3/c1-4-15-31(16-5-2)40(35,36)21-13-9-18(10-14-21)23(33)28-25-29-30-26(39-25)38-17-22(32)27-20-11-7-19(8-12-20)24(34)37-6-3/h7-14H,4-6,15-17H2,1-3H3,(H,27,32)(H,28,29,33). The van der Waals surface area contributed by atoms with E-state index in [1.807, 2.05) is 13.8 Å². The molecule has 0 aliphatic heterocycles. The molecule has 0 aliphatic carbocycles. The van der Waals surface area contributed by atoms with E-state index < -0.39 is 21.9 Å². The summed E-state index contributed by atoms with van der Waals surface area (Å²) >= 11 is 2.27. The van der Waals surface area contributed by atoms with Gasteiger partial charge in [-0.05, 0) is 68.3 Å². The summed E-state index contributed by atoms with van der Waals surface area (Å²) in [5.41, 5.74) is 1.20. The van der Waals surface area contributed by atoms with Crippen molar-refractivity contribution in [3.05, 3.63) is 59.7 Å². The van der Waals surface area contributed by atoms with Crippen LogP contribution < -0.4 is 10.6 Å². The van der Waals surface area contributed by atoms with E-state index >= 15 is 0 Å². The van der Waals surface area contributed by atoms with Gasteiger partial charge in [0.25, 0.3) is 5.91 Å². The zero-order valence-corrected chi connectivity index (χ0v) is 24.8. The number of esters is 1. The molecule has 0 spiro atoms. The molecule has 0 saturated heterocycles. The molecule has 1 heterocycles. The number of rotatable bonds is 14. The zero-order valence-electron chi connectivity index (χ0n) is 22.4. The third-order valence-electron chi connectivity index (χ3n) is 5.33. The van der Waals surface area contributed by atoms with E-state index in [4.69, 9.17) is 4.74 Å². The van der Waals surface area contributed by atoms with Crippen molar-refractivity contribution >= 4 is 61.7 Å². The maximum atomic E-state index is 12.9. The Morgan fingerprint density at radius 3 is 2.12 bits per heavy atom. The lowest BCUT2D eigenvalue weighted by Gasteiger charge is -2.21. The molecule has 0 fully saturated rings. The summed E-state index contributed by atoms with van der Waals surface area (Å²) in [5, 5.41) is 13.6. The van der Waals surface area contributed by atoms with Crippen molar-refractivity contribution in [2.75, 3.05) is 36.1 Å². The second kappa shape index (κ2) is 14.9. The normalized spacial score (nSPS) is 11.3. The van der Waals surface area contributed by atoms with E-state index in [1.165, 1.54) is 28.6 Å². The number of ether oxygens (including phenoxy) is 1. The summed E-state index contributed by atoms with van der Waals surface area (Å²) < 4.78 is 32.7. The summed E-state index contributed by atoms with van der Waals surface area (Å²) in [7, 11) is -3.64. The van der Waals surface area contributed by atoms with E-state index in [2.05, 4.69) is 20.8 Å². The molecule has 3 aromatic rings. The first-order chi connectivity index (χ1) is 19.2. The largest absolute Gasteiger partial charge is 0.462 e. The predicted molar refractivity (Wildman–Crippen MR) is 155 cm³/mol. The molecule has 3 rings (SSSR count). The fourth-order valence-electron chi connectivity index (χ4n) is 3.49. The van der Waals surface area contributed by atoms with Gasteiger partial charge < -0.3 is 10.1 Å². The van der Waals surface area contributed by atoms with Crippen LogP contribution in [0, 0.1) is 0 Å². The third kappa shape index (κ3) is 8.58. The SMILES string of the molecule is CCCN(CCC)S(=O)(=O)c1ccc(C(=O)Nc2nnc(SCC(=O)Nc3ccc(C(=O)OCC)cc3)s2)cc1. The quantitative estimate of drug-likeness (QED) is 0.154. The van der Waals surface area contributed by atoms with E-state index in [-0.39, 0.29) is 33.9 Å². The van der Waals surface area contributed by atoms with Crippen LogP contribution in [-0.2, 0) is 19.6 Å². The Kier molecular flexibility index (Phi) is 11.6. The molecule has 214 valence electrons. The number of benzene rings is 2. The van der Waals surface area contributed by atoms with Gasteiger partial charge in [-0.1, -0.05) is 36.9 Å². The van der Waals surface area contributed by atoms with Crippen LogP contribution in [0.4, 0.5) is 10.8 Å². The summed E-state index contributed by atoms with van der Waals surface area (Å²) in [4.78, 5) is 36.8. The second-order valence-electron chi connectivity index (χ2n) is 8.39. The number of thioether (sulfide) groups is 1. The highest BCUT2D eigenvalue weighted by atomic mass is 32.2. The van der Waals surface area contributed by atoms with E-state index in [1.54, 1.807) is 31.2 Å². The monoisotopic (exact) mass is 605 g/mol. The van der Waals surface area contributed by atoms with Crippen molar-refractivity contribution in [2.24, 2.45) is 0 Å². The van der Waals surface area contributed by atoms with Gasteiger partial charge >= 0.3 is 5.97 Å². The van der Waals surface area contributed by atoms with Crippen molar-refractivity contribution in [1.82, 2.24) is 14.5 Å². The highest BCUT2D eigenvalue weighted by molar-refractivity contribution is 8.01. The molecule has 1 aromatic heterocycles. The average molecular weight is 606 g/mol. The summed E-state index contributed by atoms with van der Waals surface area (Å²) in [6, 6.07) is 12.1. The predicted octanol–water partition coefficient (Wildman–Crippen LogP) is 4.51. The van der Waals surface area contributed by atoms with Gasteiger partial charge in [-0.15, -0.1) is 10.2 Å². The number of nitrogens with zero attached hydrogens (tertiary/aromatic N) is 3. The molecular weight excluding hydrogens is 575 g/mol. The lowest BCUT2D eigenvalue weighted by molar-refractivity contribution is -0.113. The van der Waals surface area contributed by atoms with Crippen LogP contribution >= 0.6 is 23.1 Å². The molecule has 2 N–H and O–H groups in total. The summed E-state index contributed by atoms with van der Waals surface area (Å²) in [6.07, 6.45) is 1.41. The number of amides is 2. The number of sulfonamides is 1. The van der Waals surface area contributed by atoms with Crippen molar-refractivity contribution in [2.45, 2.75) is 42.8 Å². The fraction of sp³-hybridized carbons (Fsp3) is 0.346. The molecule has 2 amide bonds. The number of anilines is 2. The Balaban J connectivity index is 1.52. The molecule has 2 aromatic carbocycles. The minimum Gasteiger partial charge on any atom is -0.462 e. The average Bonchev–Trinajstić information content (AvgIpc) is 3.39.